The van der Waals surface area contributed by atoms with Gasteiger partial charge in [0.1, 0.15) is 29.8 Å². The first-order valence-electron chi connectivity index (χ1n) is 6.01. The maximum absolute atomic E-state index is 13.2. The highest BCUT2D eigenvalue weighted by molar-refractivity contribution is 5.35. The van der Waals surface area contributed by atoms with Gasteiger partial charge in [0.05, 0.1) is 6.10 Å². The van der Waals surface area contributed by atoms with E-state index < -0.39 is 23.6 Å². The summed E-state index contributed by atoms with van der Waals surface area (Å²) in [4.78, 5) is 0. The van der Waals surface area contributed by atoms with Crippen LogP contribution in [-0.2, 0) is 6.61 Å². The summed E-state index contributed by atoms with van der Waals surface area (Å²) in [5.74, 6) is -1.79. The highest BCUT2D eigenvalue weighted by Gasteiger charge is 2.11. The number of rotatable bonds is 4. The molecule has 0 aliphatic heterocycles. The van der Waals surface area contributed by atoms with Gasteiger partial charge >= 0.3 is 0 Å². The van der Waals surface area contributed by atoms with E-state index in [1.165, 1.54) is 19.1 Å². The van der Waals surface area contributed by atoms with Crippen LogP contribution < -0.4 is 4.74 Å². The number of aliphatic hydroxyl groups is 1. The van der Waals surface area contributed by atoms with Gasteiger partial charge in [0.25, 0.3) is 0 Å². The van der Waals surface area contributed by atoms with Crippen LogP contribution in [0.2, 0.25) is 0 Å². The lowest BCUT2D eigenvalue weighted by atomic mass is 10.1. The van der Waals surface area contributed by atoms with Crippen LogP contribution in [0.1, 0.15) is 24.2 Å². The van der Waals surface area contributed by atoms with Crippen LogP contribution in [0, 0.1) is 17.5 Å². The van der Waals surface area contributed by atoms with Gasteiger partial charge in [-0.25, -0.2) is 13.2 Å². The molecule has 2 aromatic carbocycles. The summed E-state index contributed by atoms with van der Waals surface area (Å²) in [7, 11) is 0. The zero-order valence-electron chi connectivity index (χ0n) is 10.7. The summed E-state index contributed by atoms with van der Waals surface area (Å²) in [6.45, 7) is 1.39. The highest BCUT2D eigenvalue weighted by atomic mass is 19.1. The Labute approximate surface area is 114 Å². The third-order valence-electron chi connectivity index (χ3n) is 2.74. The molecule has 0 saturated carbocycles. The van der Waals surface area contributed by atoms with E-state index in [2.05, 4.69) is 0 Å². The number of aliphatic hydroxyl groups excluding tert-OH is 1. The van der Waals surface area contributed by atoms with E-state index in [1.54, 1.807) is 0 Å². The Kier molecular flexibility index (Phi) is 4.29. The molecule has 0 aliphatic rings. The molecule has 0 saturated heterocycles. The lowest BCUT2D eigenvalue weighted by Gasteiger charge is -2.13. The van der Waals surface area contributed by atoms with Crippen LogP contribution >= 0.6 is 0 Å². The van der Waals surface area contributed by atoms with E-state index in [0.717, 1.165) is 24.3 Å². The molecule has 20 heavy (non-hydrogen) atoms. The van der Waals surface area contributed by atoms with Crippen molar-refractivity contribution in [2.24, 2.45) is 0 Å². The summed E-state index contributed by atoms with van der Waals surface area (Å²) >= 11 is 0. The number of hydrogen-bond donors (Lipinski definition) is 1. The van der Waals surface area contributed by atoms with Crippen LogP contribution in [0.25, 0.3) is 0 Å². The Morgan fingerprint density at radius 1 is 1.00 bits per heavy atom. The molecule has 2 rings (SSSR count). The quantitative estimate of drug-likeness (QED) is 0.925. The average Bonchev–Trinajstić information content (AvgIpc) is 2.35. The molecule has 5 heteroatoms. The summed E-state index contributed by atoms with van der Waals surface area (Å²) in [5, 5.41) is 9.56. The van der Waals surface area contributed by atoms with Gasteiger partial charge in [0.2, 0.25) is 0 Å². The van der Waals surface area contributed by atoms with Crippen molar-refractivity contribution in [1.82, 2.24) is 0 Å². The number of benzene rings is 2. The van der Waals surface area contributed by atoms with Gasteiger partial charge in [-0.15, -0.1) is 0 Å². The maximum Gasteiger partial charge on any atom is 0.128 e. The molecule has 0 fully saturated rings. The van der Waals surface area contributed by atoms with Crippen LogP contribution in [0.15, 0.2) is 36.4 Å². The van der Waals surface area contributed by atoms with E-state index in [9.17, 15) is 18.3 Å². The predicted octanol–water partition coefficient (Wildman–Crippen LogP) is 3.74. The topological polar surface area (TPSA) is 29.5 Å². The molecule has 1 N–H and O–H groups in total. The van der Waals surface area contributed by atoms with Crippen LogP contribution in [0.3, 0.4) is 0 Å². The molecule has 0 bridgehead atoms. The van der Waals surface area contributed by atoms with Crippen molar-refractivity contribution in [3.05, 3.63) is 65.0 Å². The van der Waals surface area contributed by atoms with Crippen molar-refractivity contribution in [1.29, 1.82) is 0 Å². The second kappa shape index (κ2) is 5.96. The summed E-state index contributed by atoms with van der Waals surface area (Å²) in [6, 6.07) is 6.75. The molecular weight excluding hydrogens is 269 g/mol. The summed E-state index contributed by atoms with van der Waals surface area (Å²) in [5.41, 5.74) is 0.687. The Bertz CT molecular complexity index is 592. The van der Waals surface area contributed by atoms with Gasteiger partial charge in [0.15, 0.2) is 0 Å². The molecule has 0 amide bonds. The second-order valence-electron chi connectivity index (χ2n) is 4.42. The van der Waals surface area contributed by atoms with E-state index in [-0.39, 0.29) is 17.9 Å². The predicted molar refractivity (Wildman–Crippen MR) is 67.7 cm³/mol. The lowest BCUT2D eigenvalue weighted by Crippen LogP contribution is -2.02. The van der Waals surface area contributed by atoms with E-state index in [0.29, 0.717) is 5.56 Å². The van der Waals surface area contributed by atoms with Gasteiger partial charge in [0, 0.05) is 17.7 Å². The zero-order chi connectivity index (χ0) is 14.7. The SMILES string of the molecule is CC(O)c1ccc(F)cc1OCc1cc(F)cc(F)c1. The molecule has 1 atom stereocenters. The standard InChI is InChI=1S/C15H13F3O2/c1-9(19)14-3-2-11(16)7-15(14)20-8-10-4-12(17)6-13(18)5-10/h2-7,9,19H,8H2,1H3. The second-order valence-corrected chi connectivity index (χ2v) is 4.42. The van der Waals surface area contributed by atoms with Crippen molar-refractivity contribution in [3.63, 3.8) is 0 Å². The molecule has 1 unspecified atom stereocenters. The first kappa shape index (κ1) is 14.4. The van der Waals surface area contributed by atoms with E-state index >= 15 is 0 Å². The minimum atomic E-state index is -0.838. The molecular formula is C15H13F3O2. The zero-order valence-corrected chi connectivity index (χ0v) is 10.7. The third-order valence-corrected chi connectivity index (χ3v) is 2.74. The first-order valence-corrected chi connectivity index (χ1v) is 6.01. The molecule has 0 aliphatic carbocycles. The molecule has 0 heterocycles. The Hall–Kier alpha value is -2.01. The number of ether oxygens (including phenoxy) is 1. The van der Waals surface area contributed by atoms with Crippen molar-refractivity contribution >= 4 is 0 Å². The Morgan fingerprint density at radius 3 is 2.25 bits per heavy atom. The molecule has 2 aromatic rings. The van der Waals surface area contributed by atoms with Crippen LogP contribution in [0.4, 0.5) is 13.2 Å². The van der Waals surface area contributed by atoms with Crippen molar-refractivity contribution in [3.8, 4) is 5.75 Å². The van der Waals surface area contributed by atoms with Gasteiger partial charge < -0.3 is 9.84 Å². The highest BCUT2D eigenvalue weighted by Crippen LogP contribution is 2.27. The molecule has 0 aromatic heterocycles. The van der Waals surface area contributed by atoms with Crippen LogP contribution in [0.5, 0.6) is 5.75 Å². The van der Waals surface area contributed by atoms with Crippen molar-refractivity contribution in [2.75, 3.05) is 0 Å². The maximum atomic E-state index is 13.2. The molecule has 0 spiro atoms. The van der Waals surface area contributed by atoms with Gasteiger partial charge in [-0.3, -0.25) is 0 Å². The average molecular weight is 282 g/mol. The molecule has 2 nitrogen and oxygen atoms in total. The van der Waals surface area contributed by atoms with E-state index in [4.69, 9.17) is 4.74 Å². The normalized spacial score (nSPS) is 12.2. The fraction of sp³-hybridized carbons (Fsp3) is 0.200. The largest absolute Gasteiger partial charge is 0.488 e. The summed E-state index contributed by atoms with van der Waals surface area (Å²) in [6.07, 6.45) is -0.838. The first-order chi connectivity index (χ1) is 9.45. The minimum absolute atomic E-state index is 0.127. The fourth-order valence-electron chi connectivity index (χ4n) is 1.83. The fourth-order valence-corrected chi connectivity index (χ4v) is 1.83. The molecule has 106 valence electrons. The number of hydrogen-bond acceptors (Lipinski definition) is 2. The Morgan fingerprint density at radius 2 is 1.65 bits per heavy atom. The minimum Gasteiger partial charge on any atom is -0.488 e. The van der Waals surface area contributed by atoms with Crippen LogP contribution in [-0.4, -0.2) is 5.11 Å². The van der Waals surface area contributed by atoms with Gasteiger partial charge in [-0.2, -0.15) is 0 Å². The summed E-state index contributed by atoms with van der Waals surface area (Å²) < 4.78 is 44.6. The van der Waals surface area contributed by atoms with Gasteiger partial charge in [-0.05, 0) is 36.8 Å². The molecule has 0 radical (unpaired) electrons. The number of halogens is 3. The van der Waals surface area contributed by atoms with E-state index in [1.807, 2.05) is 0 Å². The Balaban J connectivity index is 2.20. The lowest BCUT2D eigenvalue weighted by molar-refractivity contribution is 0.189. The van der Waals surface area contributed by atoms with Crippen molar-refractivity contribution in [2.45, 2.75) is 19.6 Å². The van der Waals surface area contributed by atoms with Crippen molar-refractivity contribution < 1.29 is 23.0 Å². The van der Waals surface area contributed by atoms with Gasteiger partial charge in [-0.1, -0.05) is 0 Å². The third kappa shape index (κ3) is 3.51. The monoisotopic (exact) mass is 282 g/mol. The smallest absolute Gasteiger partial charge is 0.128 e.